The zero-order valence-electron chi connectivity index (χ0n) is 11.0. The van der Waals surface area contributed by atoms with Gasteiger partial charge in [-0.15, -0.1) is 0 Å². The van der Waals surface area contributed by atoms with Crippen molar-refractivity contribution in [2.45, 2.75) is 26.8 Å². The third-order valence-corrected chi connectivity index (χ3v) is 3.84. The summed E-state index contributed by atoms with van der Waals surface area (Å²) in [6, 6.07) is 6.39. The molecule has 1 heterocycles. The molecule has 0 bridgehead atoms. The van der Waals surface area contributed by atoms with Crippen LogP contribution in [-0.4, -0.2) is 9.55 Å². The van der Waals surface area contributed by atoms with Crippen LogP contribution in [0.15, 0.2) is 22.7 Å². The van der Waals surface area contributed by atoms with Gasteiger partial charge in [0.25, 0.3) is 0 Å². The second kappa shape index (κ2) is 5.24. The van der Waals surface area contributed by atoms with Crippen molar-refractivity contribution >= 4 is 15.9 Å². The third kappa shape index (κ3) is 2.49. The minimum Gasteiger partial charge on any atom is -0.333 e. The van der Waals surface area contributed by atoms with Gasteiger partial charge in [-0.2, -0.15) is 0 Å². The first-order chi connectivity index (χ1) is 8.52. The maximum absolute atomic E-state index is 5.69. The van der Waals surface area contributed by atoms with Gasteiger partial charge in [0.05, 0.1) is 12.2 Å². The third-order valence-electron chi connectivity index (χ3n) is 3.35. The van der Waals surface area contributed by atoms with E-state index in [0.717, 1.165) is 22.4 Å². The number of aryl methyl sites for hydroxylation is 2. The number of aromatic nitrogens is 2. The quantitative estimate of drug-likeness (QED) is 0.947. The number of nitrogens with two attached hydrogens (primary N) is 1. The summed E-state index contributed by atoms with van der Waals surface area (Å²) in [6.45, 7) is 4.66. The lowest BCUT2D eigenvalue weighted by atomic mass is 10.0. The molecule has 0 amide bonds. The molecule has 0 aliphatic rings. The van der Waals surface area contributed by atoms with Gasteiger partial charge in [0, 0.05) is 23.6 Å². The molecule has 4 heteroatoms. The summed E-state index contributed by atoms with van der Waals surface area (Å²) in [5.74, 6) is 0.942. The summed E-state index contributed by atoms with van der Waals surface area (Å²) in [7, 11) is 2.03. The van der Waals surface area contributed by atoms with Gasteiger partial charge in [-0.05, 0) is 37.1 Å². The van der Waals surface area contributed by atoms with E-state index in [2.05, 4.69) is 50.6 Å². The Bertz CT molecular complexity index is 573. The van der Waals surface area contributed by atoms with Crippen molar-refractivity contribution in [1.29, 1.82) is 0 Å². The van der Waals surface area contributed by atoms with Crippen LogP contribution in [0.3, 0.4) is 0 Å². The van der Waals surface area contributed by atoms with Crippen LogP contribution in [0.4, 0.5) is 0 Å². The number of halogens is 1. The number of hydrogen-bond donors (Lipinski definition) is 1. The van der Waals surface area contributed by atoms with Crippen molar-refractivity contribution in [1.82, 2.24) is 9.55 Å². The standard InChI is InChI=1S/C14H18BrN3/c1-9-6-12(15)5-4-11(9)7-13-10(2)17-14(8-16)18(13)3/h4-6H,7-8,16H2,1-3H3. The Labute approximate surface area is 116 Å². The lowest BCUT2D eigenvalue weighted by Crippen LogP contribution is -2.07. The van der Waals surface area contributed by atoms with Gasteiger partial charge in [-0.3, -0.25) is 0 Å². The van der Waals surface area contributed by atoms with Crippen molar-refractivity contribution in [3.63, 3.8) is 0 Å². The molecule has 18 heavy (non-hydrogen) atoms. The second-order valence-corrected chi connectivity index (χ2v) is 5.49. The Hall–Kier alpha value is -1.13. The van der Waals surface area contributed by atoms with Crippen LogP contribution < -0.4 is 5.73 Å². The zero-order chi connectivity index (χ0) is 13.3. The molecule has 3 nitrogen and oxygen atoms in total. The Morgan fingerprint density at radius 3 is 2.61 bits per heavy atom. The molecule has 2 N–H and O–H groups in total. The summed E-state index contributed by atoms with van der Waals surface area (Å²) < 4.78 is 3.23. The first-order valence-corrected chi connectivity index (χ1v) is 6.78. The van der Waals surface area contributed by atoms with Crippen LogP contribution in [0.5, 0.6) is 0 Å². The molecular formula is C14H18BrN3. The van der Waals surface area contributed by atoms with Crippen LogP contribution in [0.25, 0.3) is 0 Å². The maximum atomic E-state index is 5.69. The van der Waals surface area contributed by atoms with Gasteiger partial charge in [-0.1, -0.05) is 22.0 Å². The molecule has 2 rings (SSSR count). The highest BCUT2D eigenvalue weighted by Gasteiger charge is 2.11. The first-order valence-electron chi connectivity index (χ1n) is 5.99. The van der Waals surface area contributed by atoms with Gasteiger partial charge >= 0.3 is 0 Å². The van der Waals surface area contributed by atoms with Gasteiger partial charge in [0.2, 0.25) is 0 Å². The molecule has 96 valence electrons. The maximum Gasteiger partial charge on any atom is 0.122 e. The number of imidazole rings is 1. The van der Waals surface area contributed by atoms with Gasteiger partial charge in [0.1, 0.15) is 5.82 Å². The highest BCUT2D eigenvalue weighted by molar-refractivity contribution is 9.10. The fourth-order valence-corrected chi connectivity index (χ4v) is 2.67. The van der Waals surface area contributed by atoms with Crippen molar-refractivity contribution < 1.29 is 0 Å². The molecule has 0 aliphatic heterocycles. The fraction of sp³-hybridized carbons (Fsp3) is 0.357. The molecule has 0 aliphatic carbocycles. The molecule has 0 saturated carbocycles. The summed E-state index contributed by atoms with van der Waals surface area (Å²) in [6.07, 6.45) is 0.897. The van der Waals surface area contributed by atoms with Gasteiger partial charge < -0.3 is 10.3 Å². The van der Waals surface area contributed by atoms with E-state index in [1.54, 1.807) is 0 Å². The molecule has 0 spiro atoms. The van der Waals surface area contributed by atoms with E-state index in [9.17, 15) is 0 Å². The van der Waals surface area contributed by atoms with E-state index in [1.807, 2.05) is 14.0 Å². The Morgan fingerprint density at radius 1 is 1.33 bits per heavy atom. The average Bonchev–Trinajstić information content (AvgIpc) is 2.59. The summed E-state index contributed by atoms with van der Waals surface area (Å²) in [4.78, 5) is 4.50. The molecule has 0 fully saturated rings. The number of rotatable bonds is 3. The zero-order valence-corrected chi connectivity index (χ0v) is 12.6. The highest BCUT2D eigenvalue weighted by atomic mass is 79.9. The van der Waals surface area contributed by atoms with E-state index in [0.29, 0.717) is 6.54 Å². The van der Waals surface area contributed by atoms with E-state index >= 15 is 0 Å². The lowest BCUT2D eigenvalue weighted by molar-refractivity contribution is 0.759. The van der Waals surface area contributed by atoms with E-state index in [-0.39, 0.29) is 0 Å². The Kier molecular flexibility index (Phi) is 3.88. The van der Waals surface area contributed by atoms with Crippen molar-refractivity contribution in [2.75, 3.05) is 0 Å². The van der Waals surface area contributed by atoms with Gasteiger partial charge in [-0.25, -0.2) is 4.98 Å². The average molecular weight is 308 g/mol. The molecule has 0 atom stereocenters. The number of hydrogen-bond acceptors (Lipinski definition) is 2. The van der Waals surface area contributed by atoms with Crippen LogP contribution in [-0.2, 0) is 20.0 Å². The van der Waals surface area contributed by atoms with Crippen molar-refractivity contribution in [3.8, 4) is 0 Å². The molecule has 1 aromatic carbocycles. The molecule has 0 radical (unpaired) electrons. The summed E-state index contributed by atoms with van der Waals surface area (Å²) in [5, 5.41) is 0. The second-order valence-electron chi connectivity index (χ2n) is 4.57. The number of nitrogens with zero attached hydrogens (tertiary/aromatic N) is 2. The molecule has 2 aromatic rings. The Morgan fingerprint density at radius 2 is 2.06 bits per heavy atom. The van der Waals surface area contributed by atoms with E-state index < -0.39 is 0 Å². The summed E-state index contributed by atoms with van der Waals surface area (Å²) in [5.41, 5.74) is 10.6. The summed E-state index contributed by atoms with van der Waals surface area (Å²) >= 11 is 3.49. The first kappa shape index (κ1) is 13.3. The fourth-order valence-electron chi connectivity index (χ4n) is 2.20. The van der Waals surface area contributed by atoms with E-state index in [4.69, 9.17) is 5.73 Å². The largest absolute Gasteiger partial charge is 0.333 e. The van der Waals surface area contributed by atoms with E-state index in [1.165, 1.54) is 16.8 Å². The normalized spacial score (nSPS) is 10.9. The molecule has 0 saturated heterocycles. The predicted octanol–water partition coefficient (Wildman–Crippen LogP) is 2.85. The minimum atomic E-state index is 0.483. The van der Waals surface area contributed by atoms with Crippen molar-refractivity contribution in [2.24, 2.45) is 12.8 Å². The van der Waals surface area contributed by atoms with Crippen molar-refractivity contribution in [3.05, 3.63) is 51.0 Å². The monoisotopic (exact) mass is 307 g/mol. The smallest absolute Gasteiger partial charge is 0.122 e. The van der Waals surface area contributed by atoms with Crippen LogP contribution in [0.1, 0.15) is 28.3 Å². The molecule has 1 aromatic heterocycles. The van der Waals surface area contributed by atoms with Crippen LogP contribution in [0.2, 0.25) is 0 Å². The SMILES string of the molecule is Cc1cc(Br)ccc1Cc1c(C)nc(CN)n1C. The number of benzene rings is 1. The molecular weight excluding hydrogens is 290 g/mol. The minimum absolute atomic E-state index is 0.483. The topological polar surface area (TPSA) is 43.8 Å². The lowest BCUT2D eigenvalue weighted by Gasteiger charge is -2.09. The van der Waals surface area contributed by atoms with Crippen LogP contribution in [0, 0.1) is 13.8 Å². The predicted molar refractivity (Wildman–Crippen MR) is 77.5 cm³/mol. The highest BCUT2D eigenvalue weighted by Crippen LogP contribution is 2.20. The Balaban J connectivity index is 2.37. The van der Waals surface area contributed by atoms with Gasteiger partial charge in [0.15, 0.2) is 0 Å². The van der Waals surface area contributed by atoms with Crippen LogP contribution >= 0.6 is 15.9 Å². The molecule has 0 unspecified atom stereocenters.